The highest BCUT2D eigenvalue weighted by molar-refractivity contribution is 5.96. The Balaban J connectivity index is 2.26. The van der Waals surface area contributed by atoms with Gasteiger partial charge in [0.15, 0.2) is 5.69 Å². The molecule has 10 heteroatoms. The molecule has 0 radical (unpaired) electrons. The molecule has 0 aliphatic carbocycles. The summed E-state index contributed by atoms with van der Waals surface area (Å²) in [6.45, 7) is 2.73. The van der Waals surface area contributed by atoms with Crippen LogP contribution in [-0.2, 0) is 6.18 Å². The van der Waals surface area contributed by atoms with E-state index < -0.39 is 29.6 Å². The number of nitrogens with one attached hydrogen (secondary N) is 2. The van der Waals surface area contributed by atoms with Crippen molar-refractivity contribution in [2.45, 2.75) is 26.1 Å². The normalized spacial score (nSPS) is 12.0. The second-order valence-corrected chi connectivity index (χ2v) is 5.91. The number of aromatic nitrogens is 2. The van der Waals surface area contributed by atoms with Gasteiger partial charge in [0, 0.05) is 18.0 Å². The molecule has 0 spiro atoms. The molecule has 146 valence electrons. The number of hydrogen-bond acceptors (Lipinski definition) is 5. The highest BCUT2D eigenvalue weighted by Crippen LogP contribution is 2.30. The fourth-order valence-corrected chi connectivity index (χ4v) is 2.47. The van der Waals surface area contributed by atoms with Gasteiger partial charge >= 0.3 is 6.18 Å². The van der Waals surface area contributed by atoms with Crippen LogP contribution in [0, 0.1) is 18.3 Å². The van der Waals surface area contributed by atoms with Crippen LogP contribution in [0.25, 0.3) is 0 Å². The number of aryl methyl sites for hydroxylation is 1. The average molecular weight is 391 g/mol. The van der Waals surface area contributed by atoms with Gasteiger partial charge in [-0.05, 0) is 37.6 Å². The van der Waals surface area contributed by atoms with E-state index in [1.807, 2.05) is 0 Å². The lowest BCUT2D eigenvalue weighted by molar-refractivity contribution is -0.137. The minimum absolute atomic E-state index is 0.0919. The zero-order chi connectivity index (χ0) is 20.9. The maximum Gasteiger partial charge on any atom is 0.416 e. The topological polar surface area (TPSA) is 108 Å². The third-order valence-corrected chi connectivity index (χ3v) is 3.69. The second-order valence-electron chi connectivity index (χ2n) is 5.91. The Hall–Kier alpha value is -3.48. The van der Waals surface area contributed by atoms with Crippen molar-refractivity contribution >= 4 is 11.8 Å². The Morgan fingerprint density at radius 1 is 1.18 bits per heavy atom. The lowest BCUT2D eigenvalue weighted by Gasteiger charge is -2.17. The van der Waals surface area contributed by atoms with E-state index in [9.17, 15) is 22.8 Å². The Labute approximate surface area is 158 Å². The molecule has 0 bridgehead atoms. The van der Waals surface area contributed by atoms with E-state index in [0.717, 1.165) is 12.1 Å². The first kappa shape index (κ1) is 20.8. The first-order valence-electron chi connectivity index (χ1n) is 8.09. The van der Waals surface area contributed by atoms with Gasteiger partial charge in [-0.2, -0.15) is 18.4 Å². The summed E-state index contributed by atoms with van der Waals surface area (Å²) in [6, 6.07) is 3.96. The van der Waals surface area contributed by atoms with Crippen LogP contribution in [0.5, 0.6) is 0 Å². The van der Waals surface area contributed by atoms with Crippen LogP contribution >= 0.6 is 0 Å². The zero-order valence-corrected chi connectivity index (χ0v) is 15.0. The number of benzene rings is 1. The molecule has 0 saturated carbocycles. The Bertz CT molecular complexity index is 938. The molecule has 1 atom stereocenters. The number of rotatable bonds is 5. The minimum Gasteiger partial charge on any atom is -0.344 e. The third kappa shape index (κ3) is 5.03. The second kappa shape index (κ2) is 8.47. The van der Waals surface area contributed by atoms with Crippen LogP contribution in [0.1, 0.15) is 50.6 Å². The van der Waals surface area contributed by atoms with E-state index in [1.54, 1.807) is 6.07 Å². The number of alkyl halides is 3. The molecule has 0 saturated heterocycles. The maximum absolute atomic E-state index is 13.0. The van der Waals surface area contributed by atoms with Gasteiger partial charge in [-0.3, -0.25) is 14.6 Å². The van der Waals surface area contributed by atoms with Gasteiger partial charge in [0.05, 0.1) is 23.4 Å². The average Bonchev–Trinajstić information content (AvgIpc) is 2.64. The molecule has 2 amide bonds. The Kier molecular flexibility index (Phi) is 6.30. The van der Waals surface area contributed by atoms with Crippen LogP contribution in [-0.4, -0.2) is 28.3 Å². The molecule has 1 aromatic carbocycles. The van der Waals surface area contributed by atoms with Gasteiger partial charge in [-0.1, -0.05) is 0 Å². The first-order chi connectivity index (χ1) is 13.1. The van der Waals surface area contributed by atoms with Crippen LogP contribution in [0.4, 0.5) is 13.2 Å². The van der Waals surface area contributed by atoms with Crippen molar-refractivity contribution in [3.8, 4) is 6.07 Å². The fourth-order valence-electron chi connectivity index (χ4n) is 2.47. The predicted octanol–water partition coefficient (Wildman–Crippen LogP) is 2.55. The number of nitriles is 1. The SMILES string of the molecule is Cc1cc(C(=O)NC(C)c2nccnc2C(=O)NCC#N)cc(C(F)(F)F)c1. The van der Waals surface area contributed by atoms with Crippen molar-refractivity contribution in [3.05, 3.63) is 58.7 Å². The van der Waals surface area contributed by atoms with Crippen molar-refractivity contribution in [1.29, 1.82) is 5.26 Å². The van der Waals surface area contributed by atoms with Crippen molar-refractivity contribution in [2.24, 2.45) is 0 Å². The molecule has 0 aliphatic rings. The molecule has 28 heavy (non-hydrogen) atoms. The molecule has 1 aromatic heterocycles. The summed E-state index contributed by atoms with van der Waals surface area (Å²) in [5, 5.41) is 13.4. The van der Waals surface area contributed by atoms with Crippen LogP contribution in [0.15, 0.2) is 30.6 Å². The van der Waals surface area contributed by atoms with Gasteiger partial charge in [0.2, 0.25) is 0 Å². The predicted molar refractivity (Wildman–Crippen MR) is 92.0 cm³/mol. The Morgan fingerprint density at radius 2 is 1.86 bits per heavy atom. The van der Waals surface area contributed by atoms with E-state index in [2.05, 4.69) is 20.6 Å². The number of amides is 2. The molecular weight excluding hydrogens is 375 g/mol. The van der Waals surface area contributed by atoms with Crippen LogP contribution < -0.4 is 10.6 Å². The monoisotopic (exact) mass is 391 g/mol. The molecule has 0 fully saturated rings. The number of halogens is 3. The molecule has 2 rings (SSSR count). The minimum atomic E-state index is -4.58. The van der Waals surface area contributed by atoms with E-state index in [4.69, 9.17) is 5.26 Å². The molecular formula is C18H16F3N5O2. The molecule has 1 heterocycles. The molecule has 0 aliphatic heterocycles. The van der Waals surface area contributed by atoms with Gasteiger partial charge in [-0.25, -0.2) is 4.98 Å². The molecule has 1 unspecified atom stereocenters. The highest BCUT2D eigenvalue weighted by Gasteiger charge is 2.31. The smallest absolute Gasteiger partial charge is 0.344 e. The van der Waals surface area contributed by atoms with Gasteiger partial charge in [0.1, 0.15) is 6.54 Å². The third-order valence-electron chi connectivity index (χ3n) is 3.69. The highest BCUT2D eigenvalue weighted by atomic mass is 19.4. The molecule has 2 aromatic rings. The maximum atomic E-state index is 13.0. The lowest BCUT2D eigenvalue weighted by atomic mass is 10.0. The number of hydrogen-bond donors (Lipinski definition) is 2. The van der Waals surface area contributed by atoms with Gasteiger partial charge in [0.25, 0.3) is 11.8 Å². The van der Waals surface area contributed by atoms with Gasteiger partial charge < -0.3 is 10.6 Å². The molecule has 7 nitrogen and oxygen atoms in total. The quantitative estimate of drug-likeness (QED) is 0.762. The number of carbonyl (C=O) groups excluding carboxylic acids is 2. The summed E-state index contributed by atoms with van der Waals surface area (Å²) in [6.07, 6.45) is -1.99. The van der Waals surface area contributed by atoms with Crippen molar-refractivity contribution in [3.63, 3.8) is 0 Å². The van der Waals surface area contributed by atoms with E-state index in [-0.39, 0.29) is 29.1 Å². The van der Waals surface area contributed by atoms with Crippen molar-refractivity contribution < 1.29 is 22.8 Å². The summed E-state index contributed by atoms with van der Waals surface area (Å²) in [7, 11) is 0. The van der Waals surface area contributed by atoms with E-state index in [1.165, 1.54) is 32.3 Å². The molecule has 2 N–H and O–H groups in total. The summed E-state index contributed by atoms with van der Waals surface area (Å²) < 4.78 is 38.9. The van der Waals surface area contributed by atoms with Crippen molar-refractivity contribution in [2.75, 3.05) is 6.54 Å². The number of carbonyl (C=O) groups is 2. The number of nitrogens with zero attached hydrogens (tertiary/aromatic N) is 3. The largest absolute Gasteiger partial charge is 0.416 e. The summed E-state index contributed by atoms with van der Waals surface area (Å²) in [5.41, 5.74) is -0.788. The van der Waals surface area contributed by atoms with E-state index >= 15 is 0 Å². The zero-order valence-electron chi connectivity index (χ0n) is 15.0. The van der Waals surface area contributed by atoms with Crippen LogP contribution in [0.2, 0.25) is 0 Å². The summed E-state index contributed by atoms with van der Waals surface area (Å²) in [5.74, 6) is -1.41. The Morgan fingerprint density at radius 3 is 2.50 bits per heavy atom. The van der Waals surface area contributed by atoms with Crippen LogP contribution in [0.3, 0.4) is 0 Å². The fraction of sp³-hybridized carbons (Fsp3) is 0.278. The van der Waals surface area contributed by atoms with E-state index in [0.29, 0.717) is 0 Å². The first-order valence-corrected chi connectivity index (χ1v) is 8.09. The standard InChI is InChI=1S/C18H16F3N5O2/c1-10-7-12(9-13(8-10)18(19,20)21)16(27)26-11(2)14-15(24-6-5-23-14)17(28)25-4-3-22/h5-9,11H,4H2,1-2H3,(H,25,28)(H,26,27). The summed E-state index contributed by atoms with van der Waals surface area (Å²) in [4.78, 5) is 32.5. The summed E-state index contributed by atoms with van der Waals surface area (Å²) >= 11 is 0. The van der Waals surface area contributed by atoms with Gasteiger partial charge in [-0.15, -0.1) is 0 Å². The van der Waals surface area contributed by atoms with Crippen molar-refractivity contribution in [1.82, 2.24) is 20.6 Å². The lowest BCUT2D eigenvalue weighted by Crippen LogP contribution is -2.32.